The summed E-state index contributed by atoms with van der Waals surface area (Å²) >= 11 is 1.62. The fourth-order valence-electron chi connectivity index (χ4n) is 2.51. The summed E-state index contributed by atoms with van der Waals surface area (Å²) in [6.45, 7) is 3.03. The predicted octanol–water partition coefficient (Wildman–Crippen LogP) is 2.10. The van der Waals surface area contributed by atoms with E-state index in [0.29, 0.717) is 25.9 Å². The Morgan fingerprint density at radius 2 is 2.35 bits per heavy atom. The topological polar surface area (TPSA) is 70.5 Å². The summed E-state index contributed by atoms with van der Waals surface area (Å²) < 4.78 is 0. The Morgan fingerprint density at radius 1 is 1.55 bits per heavy atom. The lowest BCUT2D eigenvalue weighted by atomic mass is 9.98. The lowest BCUT2D eigenvalue weighted by Gasteiger charge is -2.30. The number of carboxylic acids is 1. The van der Waals surface area contributed by atoms with Crippen molar-refractivity contribution in [2.24, 2.45) is 5.92 Å². The molecule has 1 N–H and O–H groups in total. The molecule has 1 aliphatic heterocycles. The SMILES string of the molecule is Cc1nc(CCCC(=O)N2CCCC(C(=O)O)C2)cs1. The molecule has 0 saturated carbocycles. The minimum absolute atomic E-state index is 0.0721. The van der Waals surface area contributed by atoms with Gasteiger partial charge in [0.1, 0.15) is 0 Å². The van der Waals surface area contributed by atoms with Crippen LogP contribution in [0.3, 0.4) is 0 Å². The number of carbonyl (C=O) groups excluding carboxylic acids is 1. The number of hydrogen-bond donors (Lipinski definition) is 1. The van der Waals surface area contributed by atoms with Crippen LogP contribution in [0.1, 0.15) is 36.4 Å². The molecule has 0 bridgehead atoms. The van der Waals surface area contributed by atoms with Crippen LogP contribution in [0, 0.1) is 12.8 Å². The molecule has 5 nitrogen and oxygen atoms in total. The minimum Gasteiger partial charge on any atom is -0.481 e. The zero-order valence-electron chi connectivity index (χ0n) is 11.7. The van der Waals surface area contributed by atoms with Gasteiger partial charge >= 0.3 is 5.97 Å². The summed E-state index contributed by atoms with van der Waals surface area (Å²) in [4.78, 5) is 29.1. The van der Waals surface area contributed by atoms with E-state index in [1.54, 1.807) is 16.2 Å². The van der Waals surface area contributed by atoms with Crippen molar-refractivity contribution in [2.45, 2.75) is 39.0 Å². The molecule has 0 aliphatic carbocycles. The van der Waals surface area contributed by atoms with Crippen LogP contribution in [0.2, 0.25) is 0 Å². The van der Waals surface area contributed by atoms with Crippen LogP contribution in [0.4, 0.5) is 0 Å². The van der Waals surface area contributed by atoms with E-state index in [-0.39, 0.29) is 5.91 Å². The minimum atomic E-state index is -0.791. The third-order valence-corrected chi connectivity index (χ3v) is 4.44. The summed E-state index contributed by atoms with van der Waals surface area (Å²) in [5.41, 5.74) is 1.04. The second-order valence-corrected chi connectivity index (χ2v) is 6.29. The fourth-order valence-corrected chi connectivity index (χ4v) is 3.15. The van der Waals surface area contributed by atoms with Gasteiger partial charge in [-0.05, 0) is 32.6 Å². The first kappa shape index (κ1) is 15.0. The molecule has 0 aromatic carbocycles. The highest BCUT2D eigenvalue weighted by molar-refractivity contribution is 7.09. The highest BCUT2D eigenvalue weighted by Crippen LogP contribution is 2.18. The monoisotopic (exact) mass is 296 g/mol. The number of aromatic nitrogens is 1. The third kappa shape index (κ3) is 4.03. The first-order valence-corrected chi connectivity index (χ1v) is 7.86. The van der Waals surface area contributed by atoms with Crippen molar-refractivity contribution in [3.8, 4) is 0 Å². The molecule has 1 aliphatic rings. The number of likely N-dealkylation sites (tertiary alicyclic amines) is 1. The molecule has 1 fully saturated rings. The molecule has 0 spiro atoms. The van der Waals surface area contributed by atoms with Gasteiger partial charge in [-0.15, -0.1) is 11.3 Å². The summed E-state index contributed by atoms with van der Waals surface area (Å²) in [5.74, 6) is -1.11. The molecule has 0 radical (unpaired) electrons. The van der Waals surface area contributed by atoms with Crippen LogP contribution in [-0.2, 0) is 16.0 Å². The number of piperidine rings is 1. The van der Waals surface area contributed by atoms with Gasteiger partial charge < -0.3 is 10.0 Å². The number of hydrogen-bond acceptors (Lipinski definition) is 4. The summed E-state index contributed by atoms with van der Waals surface area (Å²) in [6.07, 6.45) is 3.52. The van der Waals surface area contributed by atoms with E-state index in [2.05, 4.69) is 4.98 Å². The van der Waals surface area contributed by atoms with Crippen LogP contribution in [-0.4, -0.2) is 40.0 Å². The number of carbonyl (C=O) groups is 2. The maximum Gasteiger partial charge on any atom is 0.308 e. The standard InChI is InChI=1S/C14H20N2O3S/c1-10-15-12(9-20-10)5-2-6-13(17)16-7-3-4-11(8-16)14(18)19/h9,11H,2-8H2,1H3,(H,18,19). The van der Waals surface area contributed by atoms with Gasteiger partial charge in [-0.25, -0.2) is 4.98 Å². The molecule has 6 heteroatoms. The Hall–Kier alpha value is -1.43. The van der Waals surface area contributed by atoms with Crippen molar-refractivity contribution in [2.75, 3.05) is 13.1 Å². The van der Waals surface area contributed by atoms with Crippen molar-refractivity contribution in [3.63, 3.8) is 0 Å². The molecule has 1 unspecified atom stereocenters. The van der Waals surface area contributed by atoms with Crippen LogP contribution in [0.25, 0.3) is 0 Å². The molecule has 1 amide bonds. The molecular formula is C14H20N2O3S. The van der Waals surface area contributed by atoms with Gasteiger partial charge in [-0.1, -0.05) is 0 Å². The molecule has 1 atom stereocenters. The van der Waals surface area contributed by atoms with Crippen LogP contribution < -0.4 is 0 Å². The molecule has 110 valence electrons. The number of aryl methyl sites for hydroxylation is 2. The van der Waals surface area contributed by atoms with Crippen LogP contribution in [0.15, 0.2) is 5.38 Å². The van der Waals surface area contributed by atoms with E-state index < -0.39 is 11.9 Å². The van der Waals surface area contributed by atoms with Gasteiger partial charge in [0.05, 0.1) is 16.6 Å². The fraction of sp³-hybridized carbons (Fsp3) is 0.643. The lowest BCUT2D eigenvalue weighted by molar-refractivity contribution is -0.145. The summed E-state index contributed by atoms with van der Waals surface area (Å²) in [6, 6.07) is 0. The number of thiazole rings is 1. The van der Waals surface area contributed by atoms with Gasteiger partial charge in [-0.3, -0.25) is 9.59 Å². The Kier molecular flexibility index (Phi) is 5.11. The Labute approximate surface area is 122 Å². The first-order chi connectivity index (χ1) is 9.56. The van der Waals surface area contributed by atoms with E-state index in [4.69, 9.17) is 5.11 Å². The average Bonchev–Trinajstić information content (AvgIpc) is 2.84. The maximum atomic E-state index is 12.1. The predicted molar refractivity (Wildman–Crippen MR) is 76.7 cm³/mol. The van der Waals surface area contributed by atoms with Crippen molar-refractivity contribution < 1.29 is 14.7 Å². The van der Waals surface area contributed by atoms with E-state index >= 15 is 0 Å². The molecule has 20 heavy (non-hydrogen) atoms. The van der Waals surface area contributed by atoms with Crippen LogP contribution >= 0.6 is 11.3 Å². The number of aliphatic carboxylic acids is 1. The maximum absolute atomic E-state index is 12.1. The molecule has 1 aromatic rings. The second kappa shape index (κ2) is 6.83. The molecule has 2 rings (SSSR count). The average molecular weight is 296 g/mol. The van der Waals surface area contributed by atoms with E-state index in [9.17, 15) is 9.59 Å². The van der Waals surface area contributed by atoms with E-state index in [1.165, 1.54) is 0 Å². The Balaban J connectivity index is 1.75. The van der Waals surface area contributed by atoms with Crippen molar-refractivity contribution in [1.82, 2.24) is 9.88 Å². The highest BCUT2D eigenvalue weighted by atomic mass is 32.1. The third-order valence-electron chi connectivity index (χ3n) is 3.61. The van der Waals surface area contributed by atoms with Crippen molar-refractivity contribution >= 4 is 23.2 Å². The Bertz CT molecular complexity index is 487. The smallest absolute Gasteiger partial charge is 0.308 e. The summed E-state index contributed by atoms with van der Waals surface area (Å²) in [7, 11) is 0. The van der Waals surface area contributed by atoms with Gasteiger partial charge in [-0.2, -0.15) is 0 Å². The van der Waals surface area contributed by atoms with Gasteiger partial charge in [0.2, 0.25) is 5.91 Å². The number of amides is 1. The molecular weight excluding hydrogens is 276 g/mol. The Morgan fingerprint density at radius 3 is 3.00 bits per heavy atom. The van der Waals surface area contributed by atoms with Crippen LogP contribution in [0.5, 0.6) is 0 Å². The lowest BCUT2D eigenvalue weighted by Crippen LogP contribution is -2.42. The first-order valence-electron chi connectivity index (χ1n) is 6.98. The number of nitrogens with zero attached hydrogens (tertiary/aromatic N) is 2. The zero-order chi connectivity index (χ0) is 14.5. The summed E-state index contributed by atoms with van der Waals surface area (Å²) in [5, 5.41) is 12.1. The van der Waals surface area contributed by atoms with Gasteiger partial charge in [0.15, 0.2) is 0 Å². The second-order valence-electron chi connectivity index (χ2n) is 5.23. The molecule has 2 heterocycles. The number of carboxylic acid groups (broad SMARTS) is 1. The highest BCUT2D eigenvalue weighted by Gasteiger charge is 2.27. The quantitative estimate of drug-likeness (QED) is 0.903. The van der Waals surface area contributed by atoms with E-state index in [0.717, 1.165) is 30.0 Å². The normalized spacial score (nSPS) is 19.1. The zero-order valence-corrected chi connectivity index (χ0v) is 12.5. The number of rotatable bonds is 5. The van der Waals surface area contributed by atoms with E-state index in [1.807, 2.05) is 12.3 Å². The molecule has 1 aromatic heterocycles. The van der Waals surface area contributed by atoms with Crippen molar-refractivity contribution in [1.29, 1.82) is 0 Å². The molecule has 1 saturated heterocycles. The van der Waals surface area contributed by atoms with Crippen molar-refractivity contribution in [3.05, 3.63) is 16.1 Å². The largest absolute Gasteiger partial charge is 0.481 e. The van der Waals surface area contributed by atoms with Gasteiger partial charge in [0, 0.05) is 24.9 Å². The van der Waals surface area contributed by atoms with Gasteiger partial charge in [0.25, 0.3) is 0 Å².